The fourth-order valence-corrected chi connectivity index (χ4v) is 1.91. The maximum Gasteiger partial charge on any atom is 0.253 e. The van der Waals surface area contributed by atoms with Gasteiger partial charge in [-0.3, -0.25) is 4.79 Å². The predicted octanol–water partition coefficient (Wildman–Crippen LogP) is 1.10. The van der Waals surface area contributed by atoms with Crippen LogP contribution in [0.4, 0.5) is 0 Å². The van der Waals surface area contributed by atoms with Crippen molar-refractivity contribution in [2.75, 3.05) is 18.6 Å². The molecule has 0 saturated carbocycles. The molecule has 0 aliphatic carbocycles. The highest BCUT2D eigenvalue weighted by Crippen LogP contribution is 1.98. The van der Waals surface area contributed by atoms with Crippen LogP contribution >= 0.6 is 11.8 Å². The molecule has 2 N–H and O–H groups in total. The van der Waals surface area contributed by atoms with E-state index in [1.54, 1.807) is 16.3 Å². The third-order valence-electron chi connectivity index (χ3n) is 2.26. The Labute approximate surface area is 94.7 Å². The Balaban J connectivity index is 2.71. The van der Waals surface area contributed by atoms with Gasteiger partial charge >= 0.3 is 0 Å². The highest BCUT2D eigenvalue weighted by molar-refractivity contribution is 7.98. The second-order valence-electron chi connectivity index (χ2n) is 3.42. The summed E-state index contributed by atoms with van der Waals surface area (Å²) in [5, 5.41) is 0. The first-order valence-electron chi connectivity index (χ1n) is 5.17. The number of aromatic nitrogens is 1. The van der Waals surface area contributed by atoms with Gasteiger partial charge in [-0.1, -0.05) is 6.07 Å². The van der Waals surface area contributed by atoms with Crippen LogP contribution in [0.15, 0.2) is 23.1 Å². The molecule has 1 heterocycles. The second kappa shape index (κ2) is 6.69. The summed E-state index contributed by atoms with van der Waals surface area (Å²) in [5.74, 6) is 1.09. The van der Waals surface area contributed by atoms with Crippen LogP contribution in [-0.4, -0.2) is 23.1 Å². The van der Waals surface area contributed by atoms with E-state index >= 15 is 0 Å². The van der Waals surface area contributed by atoms with Crippen molar-refractivity contribution in [3.63, 3.8) is 0 Å². The molecule has 3 nitrogen and oxygen atoms in total. The van der Waals surface area contributed by atoms with Crippen LogP contribution in [0.3, 0.4) is 0 Å². The first kappa shape index (κ1) is 12.3. The van der Waals surface area contributed by atoms with Gasteiger partial charge in [0.2, 0.25) is 0 Å². The van der Waals surface area contributed by atoms with Gasteiger partial charge in [-0.15, -0.1) is 0 Å². The number of hydrogen-bond acceptors (Lipinski definition) is 3. The molecule has 1 rings (SSSR count). The number of hydrogen-bond donors (Lipinski definition) is 1. The van der Waals surface area contributed by atoms with Crippen molar-refractivity contribution in [2.45, 2.75) is 19.4 Å². The molecule has 0 radical (unpaired) electrons. The standard InChI is InChI=1S/C11H18N2OS/c1-15-9-3-8-13-7-2-4-10(5-6-12)11(13)14/h2,4,7H,3,5-6,8-9,12H2,1H3. The van der Waals surface area contributed by atoms with Crippen LogP contribution in [-0.2, 0) is 13.0 Å². The van der Waals surface area contributed by atoms with Gasteiger partial charge in [-0.05, 0) is 37.5 Å². The minimum Gasteiger partial charge on any atom is -0.330 e. The SMILES string of the molecule is CSCCCn1cccc(CCN)c1=O. The fourth-order valence-electron chi connectivity index (χ4n) is 1.49. The number of rotatable bonds is 6. The van der Waals surface area contributed by atoms with Crippen LogP contribution in [0.5, 0.6) is 0 Å². The molecule has 4 heteroatoms. The molecule has 15 heavy (non-hydrogen) atoms. The third-order valence-corrected chi connectivity index (χ3v) is 2.96. The largest absolute Gasteiger partial charge is 0.330 e. The fraction of sp³-hybridized carbons (Fsp3) is 0.545. The lowest BCUT2D eigenvalue weighted by atomic mass is 10.2. The van der Waals surface area contributed by atoms with E-state index in [0.29, 0.717) is 13.0 Å². The predicted molar refractivity (Wildman–Crippen MR) is 66.5 cm³/mol. The van der Waals surface area contributed by atoms with Gasteiger partial charge in [-0.2, -0.15) is 11.8 Å². The first-order valence-corrected chi connectivity index (χ1v) is 6.56. The highest BCUT2D eigenvalue weighted by Gasteiger charge is 2.01. The molecular formula is C11H18N2OS. The summed E-state index contributed by atoms with van der Waals surface area (Å²) in [4.78, 5) is 11.9. The van der Waals surface area contributed by atoms with Crippen LogP contribution < -0.4 is 11.3 Å². The Bertz CT molecular complexity index is 349. The van der Waals surface area contributed by atoms with Gasteiger partial charge in [0, 0.05) is 18.3 Å². The van der Waals surface area contributed by atoms with Gasteiger partial charge in [-0.25, -0.2) is 0 Å². The molecule has 1 aromatic heterocycles. The Morgan fingerprint density at radius 3 is 3.00 bits per heavy atom. The van der Waals surface area contributed by atoms with Crippen LogP contribution in [0.2, 0.25) is 0 Å². The topological polar surface area (TPSA) is 48.0 Å². The second-order valence-corrected chi connectivity index (χ2v) is 4.40. The summed E-state index contributed by atoms with van der Waals surface area (Å²) in [7, 11) is 0. The van der Waals surface area contributed by atoms with Crippen LogP contribution in [0.25, 0.3) is 0 Å². The van der Waals surface area contributed by atoms with E-state index in [4.69, 9.17) is 5.73 Å². The zero-order valence-electron chi connectivity index (χ0n) is 9.11. The number of aryl methyl sites for hydroxylation is 1. The van der Waals surface area contributed by atoms with Crippen molar-refractivity contribution in [1.82, 2.24) is 4.57 Å². The lowest BCUT2D eigenvalue weighted by Gasteiger charge is -2.06. The van der Waals surface area contributed by atoms with E-state index in [1.165, 1.54) is 0 Å². The Kier molecular flexibility index (Phi) is 5.50. The number of pyridine rings is 1. The zero-order chi connectivity index (χ0) is 11.1. The monoisotopic (exact) mass is 226 g/mol. The van der Waals surface area contributed by atoms with Crippen LogP contribution in [0, 0.1) is 0 Å². The van der Waals surface area contributed by atoms with E-state index < -0.39 is 0 Å². The lowest BCUT2D eigenvalue weighted by molar-refractivity contribution is 0.650. The van der Waals surface area contributed by atoms with E-state index in [0.717, 1.165) is 24.3 Å². The summed E-state index contributed by atoms with van der Waals surface area (Å²) >= 11 is 1.81. The Morgan fingerprint density at radius 2 is 2.33 bits per heavy atom. The number of thioether (sulfide) groups is 1. The first-order chi connectivity index (χ1) is 7.29. The molecule has 0 aliphatic heterocycles. The van der Waals surface area contributed by atoms with E-state index in [9.17, 15) is 4.79 Å². The molecule has 84 valence electrons. The molecule has 0 saturated heterocycles. The molecule has 0 unspecified atom stereocenters. The normalized spacial score (nSPS) is 10.5. The van der Waals surface area contributed by atoms with Gasteiger partial charge in [0.25, 0.3) is 5.56 Å². The van der Waals surface area contributed by atoms with Gasteiger partial charge < -0.3 is 10.3 Å². The molecule has 0 fully saturated rings. The van der Waals surface area contributed by atoms with Crippen molar-refractivity contribution in [3.05, 3.63) is 34.2 Å². The van der Waals surface area contributed by atoms with Crippen molar-refractivity contribution in [1.29, 1.82) is 0 Å². The summed E-state index contributed by atoms with van der Waals surface area (Å²) in [5.41, 5.74) is 6.39. The average molecular weight is 226 g/mol. The molecule has 0 aliphatic rings. The average Bonchev–Trinajstić information content (AvgIpc) is 2.24. The molecule has 0 bridgehead atoms. The summed E-state index contributed by atoms with van der Waals surface area (Å²) in [6.45, 7) is 1.34. The molecular weight excluding hydrogens is 208 g/mol. The smallest absolute Gasteiger partial charge is 0.253 e. The summed E-state index contributed by atoms with van der Waals surface area (Å²) < 4.78 is 1.78. The van der Waals surface area contributed by atoms with Crippen molar-refractivity contribution in [2.24, 2.45) is 5.73 Å². The molecule has 1 aromatic rings. The summed E-state index contributed by atoms with van der Waals surface area (Å²) in [6, 6.07) is 3.78. The van der Waals surface area contributed by atoms with Gasteiger partial charge in [0.15, 0.2) is 0 Å². The van der Waals surface area contributed by atoms with Crippen molar-refractivity contribution in [3.8, 4) is 0 Å². The quantitative estimate of drug-likeness (QED) is 0.739. The Hall–Kier alpha value is -0.740. The van der Waals surface area contributed by atoms with E-state index in [2.05, 4.69) is 6.26 Å². The maximum atomic E-state index is 11.9. The van der Waals surface area contributed by atoms with Crippen molar-refractivity contribution >= 4 is 11.8 Å². The van der Waals surface area contributed by atoms with E-state index in [1.807, 2.05) is 18.3 Å². The summed E-state index contributed by atoms with van der Waals surface area (Å²) in [6.07, 6.45) is 5.63. The zero-order valence-corrected chi connectivity index (χ0v) is 9.93. The van der Waals surface area contributed by atoms with Crippen LogP contribution in [0.1, 0.15) is 12.0 Å². The number of nitrogens with zero attached hydrogens (tertiary/aromatic N) is 1. The van der Waals surface area contributed by atoms with E-state index in [-0.39, 0.29) is 5.56 Å². The molecule has 0 spiro atoms. The maximum absolute atomic E-state index is 11.9. The van der Waals surface area contributed by atoms with Gasteiger partial charge in [0.1, 0.15) is 0 Å². The number of nitrogens with two attached hydrogens (primary N) is 1. The molecule has 0 atom stereocenters. The minimum atomic E-state index is 0.115. The molecule has 0 amide bonds. The lowest BCUT2D eigenvalue weighted by Crippen LogP contribution is -2.24. The Morgan fingerprint density at radius 1 is 1.53 bits per heavy atom. The molecule has 0 aromatic carbocycles. The highest BCUT2D eigenvalue weighted by atomic mass is 32.2. The van der Waals surface area contributed by atoms with Gasteiger partial charge in [0.05, 0.1) is 0 Å². The minimum absolute atomic E-state index is 0.115. The van der Waals surface area contributed by atoms with Crippen molar-refractivity contribution < 1.29 is 0 Å². The third kappa shape index (κ3) is 3.72.